The van der Waals surface area contributed by atoms with Crippen molar-refractivity contribution in [3.8, 4) is 11.3 Å². The molecule has 0 radical (unpaired) electrons. The van der Waals surface area contributed by atoms with Crippen LogP contribution in [0.1, 0.15) is 5.69 Å². The Hall–Kier alpha value is -2.53. The molecule has 1 amide bonds. The van der Waals surface area contributed by atoms with E-state index in [2.05, 4.69) is 15.3 Å². The molecule has 0 aliphatic heterocycles. The number of carbonyl (C=O) groups is 1. The summed E-state index contributed by atoms with van der Waals surface area (Å²) >= 11 is 1.42. The summed E-state index contributed by atoms with van der Waals surface area (Å²) in [5.41, 5.74) is 2.66. The number of thiazole rings is 1. The lowest BCUT2D eigenvalue weighted by Crippen LogP contribution is -2.14. The number of hydrogen-bond acceptors (Lipinski definition) is 4. The first kappa shape index (κ1) is 13.5. The van der Waals surface area contributed by atoms with Gasteiger partial charge in [-0.25, -0.2) is 4.98 Å². The molecule has 104 valence electrons. The van der Waals surface area contributed by atoms with E-state index in [0.717, 1.165) is 17.0 Å². The van der Waals surface area contributed by atoms with Crippen molar-refractivity contribution in [2.45, 2.75) is 6.42 Å². The van der Waals surface area contributed by atoms with Gasteiger partial charge in [-0.1, -0.05) is 36.4 Å². The van der Waals surface area contributed by atoms with Crippen LogP contribution in [0.3, 0.4) is 0 Å². The van der Waals surface area contributed by atoms with E-state index in [4.69, 9.17) is 0 Å². The van der Waals surface area contributed by atoms with E-state index in [1.54, 1.807) is 6.20 Å². The molecule has 0 saturated heterocycles. The number of pyridine rings is 1. The highest BCUT2D eigenvalue weighted by atomic mass is 32.1. The molecular weight excluding hydrogens is 282 g/mol. The minimum absolute atomic E-state index is 0.109. The number of carbonyl (C=O) groups excluding carboxylic acids is 1. The van der Waals surface area contributed by atoms with Crippen LogP contribution in [0.25, 0.3) is 11.3 Å². The fourth-order valence-electron chi connectivity index (χ4n) is 1.90. The molecule has 2 aromatic heterocycles. The van der Waals surface area contributed by atoms with Crippen molar-refractivity contribution in [2.75, 3.05) is 5.32 Å². The molecule has 4 nitrogen and oxygen atoms in total. The van der Waals surface area contributed by atoms with Gasteiger partial charge in [0.1, 0.15) is 0 Å². The Balaban J connectivity index is 1.66. The summed E-state index contributed by atoms with van der Waals surface area (Å²) in [5, 5.41) is 5.35. The van der Waals surface area contributed by atoms with Gasteiger partial charge in [-0.3, -0.25) is 9.78 Å². The summed E-state index contributed by atoms with van der Waals surface area (Å²) in [6, 6.07) is 15.4. The average Bonchev–Trinajstić information content (AvgIpc) is 2.97. The van der Waals surface area contributed by atoms with Crippen molar-refractivity contribution in [3.05, 3.63) is 65.8 Å². The van der Waals surface area contributed by atoms with Crippen LogP contribution in [0, 0.1) is 0 Å². The SMILES string of the molecule is O=C(Cc1ccccn1)Nc1nc(-c2ccccc2)cs1. The van der Waals surface area contributed by atoms with Crippen molar-refractivity contribution in [3.63, 3.8) is 0 Å². The summed E-state index contributed by atoms with van der Waals surface area (Å²) in [5.74, 6) is -0.109. The molecule has 0 spiro atoms. The summed E-state index contributed by atoms with van der Waals surface area (Å²) in [6.07, 6.45) is 1.93. The number of hydrogen-bond donors (Lipinski definition) is 1. The highest BCUT2D eigenvalue weighted by molar-refractivity contribution is 7.14. The maximum absolute atomic E-state index is 11.9. The number of nitrogens with one attached hydrogen (secondary N) is 1. The first-order valence-electron chi connectivity index (χ1n) is 6.52. The van der Waals surface area contributed by atoms with Crippen LogP contribution in [0.15, 0.2) is 60.1 Å². The molecule has 3 rings (SSSR count). The quantitative estimate of drug-likeness (QED) is 0.802. The Kier molecular flexibility index (Phi) is 4.02. The summed E-state index contributed by atoms with van der Waals surface area (Å²) < 4.78 is 0. The van der Waals surface area contributed by atoms with Crippen LogP contribution in [0.2, 0.25) is 0 Å². The van der Waals surface area contributed by atoms with E-state index >= 15 is 0 Å². The first-order chi connectivity index (χ1) is 10.3. The van der Waals surface area contributed by atoms with Gasteiger partial charge in [-0.2, -0.15) is 0 Å². The van der Waals surface area contributed by atoms with Gasteiger partial charge in [0.15, 0.2) is 5.13 Å². The molecule has 3 aromatic rings. The van der Waals surface area contributed by atoms with Crippen molar-refractivity contribution >= 4 is 22.4 Å². The van der Waals surface area contributed by atoms with Crippen LogP contribution in [-0.4, -0.2) is 15.9 Å². The Bertz CT molecular complexity index is 726. The van der Waals surface area contributed by atoms with E-state index in [-0.39, 0.29) is 12.3 Å². The second-order valence-electron chi connectivity index (χ2n) is 4.45. The molecule has 21 heavy (non-hydrogen) atoms. The molecule has 0 aliphatic rings. The van der Waals surface area contributed by atoms with Gasteiger partial charge in [0, 0.05) is 22.8 Å². The minimum atomic E-state index is -0.109. The molecule has 0 bridgehead atoms. The third-order valence-corrected chi connectivity index (χ3v) is 3.65. The molecule has 0 atom stereocenters. The number of nitrogens with zero attached hydrogens (tertiary/aromatic N) is 2. The first-order valence-corrected chi connectivity index (χ1v) is 7.40. The zero-order valence-corrected chi connectivity index (χ0v) is 12.0. The molecule has 1 aromatic carbocycles. The number of rotatable bonds is 4. The van der Waals surface area contributed by atoms with Crippen LogP contribution in [-0.2, 0) is 11.2 Å². The normalized spacial score (nSPS) is 10.3. The predicted octanol–water partition coefficient (Wildman–Crippen LogP) is 3.39. The summed E-state index contributed by atoms with van der Waals surface area (Å²) in [6.45, 7) is 0. The minimum Gasteiger partial charge on any atom is -0.302 e. The van der Waals surface area contributed by atoms with Crippen molar-refractivity contribution in [1.82, 2.24) is 9.97 Å². The van der Waals surface area contributed by atoms with Crippen molar-refractivity contribution in [2.24, 2.45) is 0 Å². The average molecular weight is 295 g/mol. The lowest BCUT2D eigenvalue weighted by atomic mass is 10.2. The monoisotopic (exact) mass is 295 g/mol. The van der Waals surface area contributed by atoms with E-state index in [1.165, 1.54) is 11.3 Å². The zero-order valence-electron chi connectivity index (χ0n) is 11.2. The fourth-order valence-corrected chi connectivity index (χ4v) is 2.64. The van der Waals surface area contributed by atoms with E-state index in [0.29, 0.717) is 5.13 Å². The van der Waals surface area contributed by atoms with Gasteiger partial charge >= 0.3 is 0 Å². The van der Waals surface area contributed by atoms with Gasteiger partial charge in [0.25, 0.3) is 0 Å². The Labute approximate surface area is 126 Å². The number of amides is 1. The third-order valence-electron chi connectivity index (χ3n) is 2.89. The van der Waals surface area contributed by atoms with E-state index < -0.39 is 0 Å². The van der Waals surface area contributed by atoms with Crippen LogP contribution in [0.5, 0.6) is 0 Å². The lowest BCUT2D eigenvalue weighted by molar-refractivity contribution is -0.115. The maximum atomic E-state index is 11.9. The Morgan fingerprint density at radius 3 is 2.67 bits per heavy atom. The maximum Gasteiger partial charge on any atom is 0.232 e. The second-order valence-corrected chi connectivity index (χ2v) is 5.31. The van der Waals surface area contributed by atoms with Crippen LogP contribution < -0.4 is 5.32 Å². The molecule has 0 saturated carbocycles. The predicted molar refractivity (Wildman–Crippen MR) is 84.1 cm³/mol. The number of benzene rings is 1. The van der Waals surface area contributed by atoms with Gasteiger partial charge in [0.2, 0.25) is 5.91 Å². The van der Waals surface area contributed by atoms with Gasteiger partial charge < -0.3 is 5.32 Å². The highest BCUT2D eigenvalue weighted by Gasteiger charge is 2.09. The second kappa shape index (κ2) is 6.28. The summed E-state index contributed by atoms with van der Waals surface area (Å²) in [4.78, 5) is 20.5. The molecule has 0 fully saturated rings. The molecule has 0 unspecified atom stereocenters. The topological polar surface area (TPSA) is 54.9 Å². The fraction of sp³-hybridized carbons (Fsp3) is 0.0625. The largest absolute Gasteiger partial charge is 0.302 e. The zero-order chi connectivity index (χ0) is 14.5. The number of anilines is 1. The molecule has 1 N–H and O–H groups in total. The van der Waals surface area contributed by atoms with E-state index in [9.17, 15) is 4.79 Å². The Morgan fingerprint density at radius 1 is 1.10 bits per heavy atom. The third kappa shape index (κ3) is 3.52. The van der Waals surface area contributed by atoms with Crippen LogP contribution in [0.4, 0.5) is 5.13 Å². The molecule has 5 heteroatoms. The van der Waals surface area contributed by atoms with Crippen LogP contribution >= 0.6 is 11.3 Å². The smallest absolute Gasteiger partial charge is 0.232 e. The molecule has 2 heterocycles. The molecule has 0 aliphatic carbocycles. The van der Waals surface area contributed by atoms with E-state index in [1.807, 2.05) is 53.9 Å². The highest BCUT2D eigenvalue weighted by Crippen LogP contribution is 2.24. The molecular formula is C16H13N3OS. The number of aromatic nitrogens is 2. The van der Waals surface area contributed by atoms with Crippen molar-refractivity contribution in [1.29, 1.82) is 0 Å². The standard InChI is InChI=1S/C16H13N3OS/c20-15(10-13-8-4-5-9-17-13)19-16-18-14(11-21-16)12-6-2-1-3-7-12/h1-9,11H,10H2,(H,18,19,20). The van der Waals surface area contributed by atoms with Gasteiger partial charge in [0.05, 0.1) is 12.1 Å². The van der Waals surface area contributed by atoms with Gasteiger partial charge in [-0.05, 0) is 12.1 Å². The lowest BCUT2D eigenvalue weighted by Gasteiger charge is -2.01. The van der Waals surface area contributed by atoms with Gasteiger partial charge in [-0.15, -0.1) is 11.3 Å². The summed E-state index contributed by atoms with van der Waals surface area (Å²) in [7, 11) is 0. The van der Waals surface area contributed by atoms with Crippen molar-refractivity contribution < 1.29 is 4.79 Å². The Morgan fingerprint density at radius 2 is 1.90 bits per heavy atom.